The number of carboxylic acid groups (broad SMARTS) is 1. The minimum atomic E-state index is -1.31. The van der Waals surface area contributed by atoms with E-state index in [-0.39, 0.29) is 0 Å². The van der Waals surface area contributed by atoms with Gasteiger partial charge in [-0.2, -0.15) is 0 Å². The maximum absolute atomic E-state index is 11.0. The van der Waals surface area contributed by atoms with E-state index >= 15 is 0 Å². The third kappa shape index (κ3) is 1.63. The van der Waals surface area contributed by atoms with Crippen LogP contribution >= 0.6 is 0 Å². The Bertz CT molecular complexity index is 349. The number of rotatable bonds is 2. The summed E-state index contributed by atoms with van der Waals surface area (Å²) in [5, 5.41) is 9.02. The molecule has 0 spiro atoms. The molecule has 0 saturated heterocycles. The van der Waals surface area contributed by atoms with E-state index in [1.165, 1.54) is 6.92 Å². The standard InChI is InChI=1S/C11H15NO2/c1-7-5-4-6-8(2)9(7)11(3,12)10(13)14/h4-6H,12H2,1-3H3,(H,13,14). The smallest absolute Gasteiger partial charge is 0.328 e. The fourth-order valence-corrected chi connectivity index (χ4v) is 1.74. The molecule has 1 aromatic carbocycles. The van der Waals surface area contributed by atoms with Gasteiger partial charge in [0.25, 0.3) is 0 Å². The van der Waals surface area contributed by atoms with Gasteiger partial charge in [0.05, 0.1) is 0 Å². The van der Waals surface area contributed by atoms with E-state index in [1.54, 1.807) is 0 Å². The monoisotopic (exact) mass is 193 g/mol. The van der Waals surface area contributed by atoms with Gasteiger partial charge in [-0.15, -0.1) is 0 Å². The minimum Gasteiger partial charge on any atom is -0.480 e. The zero-order chi connectivity index (χ0) is 10.9. The summed E-state index contributed by atoms with van der Waals surface area (Å²) < 4.78 is 0. The van der Waals surface area contributed by atoms with Crippen LogP contribution in [0.1, 0.15) is 23.6 Å². The van der Waals surface area contributed by atoms with E-state index in [9.17, 15) is 4.79 Å². The van der Waals surface area contributed by atoms with Gasteiger partial charge >= 0.3 is 5.97 Å². The largest absolute Gasteiger partial charge is 0.480 e. The molecule has 1 atom stereocenters. The van der Waals surface area contributed by atoms with Gasteiger partial charge in [0.1, 0.15) is 5.54 Å². The Morgan fingerprint density at radius 1 is 1.36 bits per heavy atom. The Labute approximate surface area is 83.6 Å². The molecule has 76 valence electrons. The van der Waals surface area contributed by atoms with E-state index < -0.39 is 11.5 Å². The molecule has 0 fully saturated rings. The SMILES string of the molecule is Cc1cccc(C)c1C(C)(N)C(=O)O. The topological polar surface area (TPSA) is 63.3 Å². The third-order valence-electron chi connectivity index (χ3n) is 2.44. The van der Waals surface area contributed by atoms with Gasteiger partial charge in [0, 0.05) is 0 Å². The lowest BCUT2D eigenvalue weighted by molar-refractivity contribution is -0.143. The van der Waals surface area contributed by atoms with Crippen molar-refractivity contribution in [3.05, 3.63) is 34.9 Å². The maximum Gasteiger partial charge on any atom is 0.328 e. The van der Waals surface area contributed by atoms with Gasteiger partial charge < -0.3 is 10.8 Å². The Kier molecular flexibility index (Phi) is 2.62. The molecule has 1 rings (SSSR count). The first kappa shape index (κ1) is 10.7. The highest BCUT2D eigenvalue weighted by molar-refractivity contribution is 5.81. The summed E-state index contributed by atoms with van der Waals surface area (Å²) in [4.78, 5) is 11.0. The Balaban J connectivity index is 3.38. The molecule has 3 N–H and O–H groups in total. The van der Waals surface area contributed by atoms with Crippen LogP contribution in [0.3, 0.4) is 0 Å². The second kappa shape index (κ2) is 3.42. The van der Waals surface area contributed by atoms with Gasteiger partial charge in [0.15, 0.2) is 0 Å². The van der Waals surface area contributed by atoms with Gasteiger partial charge in [-0.1, -0.05) is 18.2 Å². The van der Waals surface area contributed by atoms with Crippen LogP contribution < -0.4 is 5.73 Å². The molecular formula is C11H15NO2. The van der Waals surface area contributed by atoms with Gasteiger partial charge in [-0.25, -0.2) is 4.79 Å². The molecule has 0 aromatic heterocycles. The summed E-state index contributed by atoms with van der Waals surface area (Å²) in [6.45, 7) is 5.26. The van der Waals surface area contributed by atoms with Crippen LogP contribution in [-0.2, 0) is 10.3 Å². The number of aryl methyl sites for hydroxylation is 2. The number of carbonyl (C=O) groups is 1. The first-order valence-corrected chi connectivity index (χ1v) is 4.46. The molecule has 0 amide bonds. The number of nitrogens with two attached hydrogens (primary N) is 1. The van der Waals surface area contributed by atoms with Gasteiger partial charge in [-0.05, 0) is 37.5 Å². The molecule has 14 heavy (non-hydrogen) atoms. The highest BCUT2D eigenvalue weighted by atomic mass is 16.4. The molecule has 0 aliphatic carbocycles. The predicted molar refractivity (Wildman–Crippen MR) is 55.1 cm³/mol. The Morgan fingerprint density at radius 3 is 2.14 bits per heavy atom. The molecule has 0 bridgehead atoms. The van der Waals surface area contributed by atoms with Crippen molar-refractivity contribution < 1.29 is 9.90 Å². The second-order valence-electron chi connectivity index (χ2n) is 3.77. The fraction of sp³-hybridized carbons (Fsp3) is 0.364. The maximum atomic E-state index is 11.0. The highest BCUT2D eigenvalue weighted by Crippen LogP contribution is 2.25. The van der Waals surface area contributed by atoms with Crippen LogP contribution in [0, 0.1) is 13.8 Å². The molecular weight excluding hydrogens is 178 g/mol. The average molecular weight is 193 g/mol. The van der Waals surface area contributed by atoms with Crippen LogP contribution in [0.15, 0.2) is 18.2 Å². The normalized spacial score (nSPS) is 14.9. The zero-order valence-electron chi connectivity index (χ0n) is 8.66. The van der Waals surface area contributed by atoms with Crippen molar-refractivity contribution in [3.63, 3.8) is 0 Å². The van der Waals surface area contributed by atoms with E-state index in [4.69, 9.17) is 10.8 Å². The molecule has 0 aliphatic heterocycles. The summed E-state index contributed by atoms with van der Waals surface area (Å²) in [6, 6.07) is 5.64. The van der Waals surface area contributed by atoms with E-state index in [0.717, 1.165) is 11.1 Å². The van der Waals surface area contributed by atoms with Crippen LogP contribution in [0.2, 0.25) is 0 Å². The van der Waals surface area contributed by atoms with Crippen molar-refractivity contribution in [2.75, 3.05) is 0 Å². The van der Waals surface area contributed by atoms with Crippen LogP contribution in [0.5, 0.6) is 0 Å². The second-order valence-corrected chi connectivity index (χ2v) is 3.77. The molecule has 3 heteroatoms. The molecule has 0 heterocycles. The fourth-order valence-electron chi connectivity index (χ4n) is 1.74. The van der Waals surface area contributed by atoms with Crippen molar-refractivity contribution in [1.82, 2.24) is 0 Å². The summed E-state index contributed by atoms with van der Waals surface area (Å²) in [6.07, 6.45) is 0. The number of benzene rings is 1. The van der Waals surface area contributed by atoms with Gasteiger partial charge in [0.2, 0.25) is 0 Å². The van der Waals surface area contributed by atoms with Crippen molar-refractivity contribution in [1.29, 1.82) is 0 Å². The predicted octanol–water partition coefficient (Wildman–Crippen LogP) is 1.56. The Hall–Kier alpha value is -1.35. The molecule has 0 saturated carbocycles. The first-order chi connectivity index (χ1) is 6.37. The number of hydrogen-bond acceptors (Lipinski definition) is 2. The summed E-state index contributed by atoms with van der Waals surface area (Å²) in [5.74, 6) is -1.00. The van der Waals surface area contributed by atoms with Crippen molar-refractivity contribution in [2.45, 2.75) is 26.3 Å². The lowest BCUT2D eigenvalue weighted by atomic mass is 9.86. The van der Waals surface area contributed by atoms with Gasteiger partial charge in [-0.3, -0.25) is 0 Å². The van der Waals surface area contributed by atoms with E-state index in [0.29, 0.717) is 5.56 Å². The molecule has 0 aliphatic rings. The van der Waals surface area contributed by atoms with Crippen molar-refractivity contribution >= 4 is 5.97 Å². The number of aliphatic carboxylic acids is 1. The lowest BCUT2D eigenvalue weighted by Gasteiger charge is -2.24. The number of carboxylic acids is 1. The highest BCUT2D eigenvalue weighted by Gasteiger charge is 2.32. The quantitative estimate of drug-likeness (QED) is 0.749. The van der Waals surface area contributed by atoms with Crippen molar-refractivity contribution in [3.8, 4) is 0 Å². The van der Waals surface area contributed by atoms with Crippen LogP contribution in [0.25, 0.3) is 0 Å². The van der Waals surface area contributed by atoms with Crippen LogP contribution in [0.4, 0.5) is 0 Å². The lowest BCUT2D eigenvalue weighted by Crippen LogP contribution is -2.42. The van der Waals surface area contributed by atoms with E-state index in [1.807, 2.05) is 32.0 Å². The average Bonchev–Trinajstić information content (AvgIpc) is 2.02. The first-order valence-electron chi connectivity index (χ1n) is 4.46. The zero-order valence-corrected chi connectivity index (χ0v) is 8.66. The van der Waals surface area contributed by atoms with E-state index in [2.05, 4.69) is 0 Å². The molecule has 1 unspecified atom stereocenters. The minimum absolute atomic E-state index is 0.701. The molecule has 0 radical (unpaired) electrons. The summed E-state index contributed by atoms with van der Waals surface area (Å²) in [5.41, 5.74) is 7.00. The molecule has 1 aromatic rings. The Morgan fingerprint density at radius 2 is 1.79 bits per heavy atom. The number of hydrogen-bond donors (Lipinski definition) is 2. The molecule has 3 nitrogen and oxygen atoms in total. The summed E-state index contributed by atoms with van der Waals surface area (Å²) >= 11 is 0. The van der Waals surface area contributed by atoms with Crippen molar-refractivity contribution in [2.24, 2.45) is 5.73 Å². The third-order valence-corrected chi connectivity index (χ3v) is 2.44. The summed E-state index contributed by atoms with van der Waals surface area (Å²) in [7, 11) is 0. The van der Waals surface area contributed by atoms with Crippen LogP contribution in [-0.4, -0.2) is 11.1 Å².